The molecule has 152 valence electrons. The van der Waals surface area contributed by atoms with E-state index in [1.165, 1.54) is 23.3 Å². The van der Waals surface area contributed by atoms with Gasteiger partial charge in [0.2, 0.25) is 5.91 Å². The number of nitrogens with zero attached hydrogens (tertiary/aromatic N) is 1. The zero-order chi connectivity index (χ0) is 20.4. The van der Waals surface area contributed by atoms with Gasteiger partial charge in [0.25, 0.3) is 0 Å². The van der Waals surface area contributed by atoms with Gasteiger partial charge in [-0.25, -0.2) is 5.06 Å². The molecule has 0 aliphatic rings. The molecule has 0 fully saturated rings. The Labute approximate surface area is 170 Å². The van der Waals surface area contributed by atoms with E-state index in [1.807, 2.05) is 47.8 Å². The maximum absolute atomic E-state index is 13.3. The van der Waals surface area contributed by atoms with Gasteiger partial charge in [0.15, 0.2) is 0 Å². The van der Waals surface area contributed by atoms with Gasteiger partial charge in [-0.2, -0.15) is 0 Å². The van der Waals surface area contributed by atoms with E-state index in [0.29, 0.717) is 5.31 Å². The van der Waals surface area contributed by atoms with E-state index in [9.17, 15) is 9.36 Å². The van der Waals surface area contributed by atoms with E-state index in [4.69, 9.17) is 13.9 Å². The third kappa shape index (κ3) is 6.40. The van der Waals surface area contributed by atoms with Crippen molar-refractivity contribution >= 4 is 30.2 Å². The quantitative estimate of drug-likeness (QED) is 0.361. The van der Waals surface area contributed by atoms with Gasteiger partial charge in [-0.1, -0.05) is 36.4 Å². The fraction of sp³-hybridized carbons (Fsp3) is 0.350. The number of rotatable bonds is 11. The Kier molecular flexibility index (Phi) is 9.09. The van der Waals surface area contributed by atoms with Crippen molar-refractivity contribution in [3.63, 3.8) is 0 Å². The van der Waals surface area contributed by atoms with Gasteiger partial charge in [-0.15, -0.1) is 11.3 Å². The highest BCUT2D eigenvalue weighted by molar-refractivity contribution is 7.65. The largest absolute Gasteiger partial charge is 0.362 e. The molecule has 8 heteroatoms. The highest BCUT2D eigenvalue weighted by Gasteiger charge is 2.31. The summed E-state index contributed by atoms with van der Waals surface area (Å²) in [6.07, 6.45) is 1.68. The minimum Gasteiger partial charge on any atom is -0.305 e. The number of carbonyl (C=O) groups is 1. The highest BCUT2D eigenvalue weighted by Crippen LogP contribution is 2.61. The second-order valence-electron chi connectivity index (χ2n) is 5.74. The van der Waals surface area contributed by atoms with E-state index in [0.717, 1.165) is 10.4 Å². The van der Waals surface area contributed by atoms with Crippen LogP contribution in [0.25, 0.3) is 5.31 Å². The molecule has 28 heavy (non-hydrogen) atoms. The van der Waals surface area contributed by atoms with E-state index >= 15 is 0 Å². The maximum Gasteiger partial charge on any atom is 0.362 e. The van der Waals surface area contributed by atoms with Crippen LogP contribution in [0.2, 0.25) is 0 Å². The predicted octanol–water partition coefficient (Wildman–Crippen LogP) is 5.34. The molecular weight excluding hydrogens is 397 g/mol. The zero-order valence-electron chi connectivity index (χ0n) is 16.4. The summed E-state index contributed by atoms with van der Waals surface area (Å²) in [7, 11) is -3.50. The van der Waals surface area contributed by atoms with Crippen LogP contribution < -0.4 is 0 Å². The standard InChI is InChI=1S/C20H26NO5PS/c1-4-25-27(23,26-5-2)19(20-12-9-15-28-20)13-14-21(17(3)22)24-16-18-10-7-6-8-11-18/h6-13,15H,4-5,14,16H2,1-3H3. The van der Waals surface area contributed by atoms with Crippen molar-refractivity contribution in [2.45, 2.75) is 27.4 Å². The van der Waals surface area contributed by atoms with Crippen molar-refractivity contribution in [1.82, 2.24) is 5.06 Å². The topological polar surface area (TPSA) is 65.1 Å². The van der Waals surface area contributed by atoms with Crippen molar-refractivity contribution in [2.75, 3.05) is 19.8 Å². The van der Waals surface area contributed by atoms with Crippen molar-refractivity contribution in [1.29, 1.82) is 0 Å². The van der Waals surface area contributed by atoms with Crippen molar-refractivity contribution in [3.8, 4) is 0 Å². The fourth-order valence-corrected chi connectivity index (χ4v) is 5.30. The lowest BCUT2D eigenvalue weighted by atomic mass is 10.2. The number of carbonyl (C=O) groups excluding carboxylic acids is 1. The lowest BCUT2D eigenvalue weighted by Gasteiger charge is -2.22. The third-order valence-electron chi connectivity index (χ3n) is 3.70. The highest BCUT2D eigenvalue weighted by atomic mass is 32.1. The minimum absolute atomic E-state index is 0.125. The Bertz CT molecular complexity index is 797. The summed E-state index contributed by atoms with van der Waals surface area (Å²) in [5.41, 5.74) is 0.950. The molecule has 0 N–H and O–H groups in total. The normalized spacial score (nSPS) is 12.2. The van der Waals surface area contributed by atoms with Gasteiger partial charge in [0.05, 0.1) is 25.1 Å². The molecule has 0 aliphatic carbocycles. The van der Waals surface area contributed by atoms with Gasteiger partial charge in [-0.05, 0) is 36.9 Å². The van der Waals surface area contributed by atoms with Crippen LogP contribution in [0.3, 0.4) is 0 Å². The molecule has 0 aliphatic heterocycles. The molecule has 0 radical (unpaired) electrons. The summed E-state index contributed by atoms with van der Waals surface area (Å²) >= 11 is 1.44. The molecule has 2 aromatic rings. The maximum atomic E-state index is 13.3. The number of hydroxylamine groups is 2. The summed E-state index contributed by atoms with van der Waals surface area (Å²) in [5, 5.41) is 3.57. The molecule has 0 unspecified atom stereocenters. The third-order valence-corrected chi connectivity index (χ3v) is 6.96. The van der Waals surface area contributed by atoms with Gasteiger partial charge >= 0.3 is 7.60 Å². The Hall–Kier alpha value is -1.76. The van der Waals surface area contributed by atoms with E-state index in [-0.39, 0.29) is 32.3 Å². The first-order chi connectivity index (χ1) is 13.5. The molecular formula is C20H26NO5PS. The summed E-state index contributed by atoms with van der Waals surface area (Å²) in [6, 6.07) is 13.3. The van der Waals surface area contributed by atoms with E-state index in [2.05, 4.69) is 0 Å². The molecule has 6 nitrogen and oxygen atoms in total. The zero-order valence-corrected chi connectivity index (χ0v) is 18.1. The Morgan fingerprint density at radius 2 is 1.79 bits per heavy atom. The summed E-state index contributed by atoms with van der Waals surface area (Å²) < 4.78 is 24.3. The molecule has 1 heterocycles. The minimum atomic E-state index is -3.50. The first-order valence-corrected chi connectivity index (χ1v) is 11.5. The average Bonchev–Trinajstić information content (AvgIpc) is 3.19. The monoisotopic (exact) mass is 423 g/mol. The summed E-state index contributed by atoms with van der Waals surface area (Å²) in [5.74, 6) is -0.250. The van der Waals surface area contributed by atoms with Crippen LogP contribution in [0.15, 0.2) is 53.9 Å². The molecule has 0 spiro atoms. The number of hydrogen-bond donors (Lipinski definition) is 0. The summed E-state index contributed by atoms with van der Waals surface area (Å²) in [6.45, 7) is 5.85. The Morgan fingerprint density at radius 3 is 2.32 bits per heavy atom. The lowest BCUT2D eigenvalue weighted by molar-refractivity contribution is -0.185. The SMILES string of the molecule is CCOP(=O)(OCC)C(=CCN(OCc1ccccc1)C(C)=O)c1cccs1. The van der Waals surface area contributed by atoms with Crippen LogP contribution in [0.4, 0.5) is 0 Å². The van der Waals surface area contributed by atoms with Crippen LogP contribution in [0.1, 0.15) is 31.2 Å². The number of hydrogen-bond acceptors (Lipinski definition) is 6. The van der Waals surface area contributed by atoms with E-state index < -0.39 is 7.60 Å². The van der Waals surface area contributed by atoms with Crippen molar-refractivity contribution in [3.05, 3.63) is 64.4 Å². The van der Waals surface area contributed by atoms with Crippen LogP contribution >= 0.6 is 18.9 Å². The van der Waals surface area contributed by atoms with Crippen LogP contribution in [-0.2, 0) is 29.9 Å². The van der Waals surface area contributed by atoms with Gasteiger partial charge in [0, 0.05) is 11.8 Å². The lowest BCUT2D eigenvalue weighted by Crippen LogP contribution is -2.29. The molecule has 1 aromatic heterocycles. The van der Waals surface area contributed by atoms with Crippen LogP contribution in [-0.4, -0.2) is 30.7 Å². The second-order valence-corrected chi connectivity index (χ2v) is 8.68. The molecule has 0 saturated carbocycles. The van der Waals surface area contributed by atoms with E-state index in [1.54, 1.807) is 19.9 Å². The number of benzene rings is 1. The molecule has 0 bridgehead atoms. The molecule has 1 aromatic carbocycles. The Balaban J connectivity index is 2.23. The van der Waals surface area contributed by atoms with Gasteiger partial charge in [0.1, 0.15) is 6.61 Å². The first kappa shape index (κ1) is 22.5. The smallest absolute Gasteiger partial charge is 0.305 e. The van der Waals surface area contributed by atoms with Gasteiger partial charge < -0.3 is 9.05 Å². The Morgan fingerprint density at radius 1 is 1.11 bits per heavy atom. The van der Waals surface area contributed by atoms with Crippen molar-refractivity contribution in [2.24, 2.45) is 0 Å². The molecule has 0 atom stereocenters. The fourth-order valence-electron chi connectivity index (χ4n) is 2.46. The summed E-state index contributed by atoms with van der Waals surface area (Å²) in [4.78, 5) is 18.4. The van der Waals surface area contributed by atoms with Crippen molar-refractivity contribution < 1.29 is 23.2 Å². The molecule has 2 rings (SSSR count). The molecule has 1 amide bonds. The number of thiophene rings is 1. The first-order valence-electron chi connectivity index (χ1n) is 9.08. The van der Waals surface area contributed by atoms with Crippen LogP contribution in [0, 0.1) is 0 Å². The second kappa shape index (κ2) is 11.3. The average molecular weight is 423 g/mol. The molecule has 0 saturated heterocycles. The number of amides is 1. The van der Waals surface area contributed by atoms with Crippen LogP contribution in [0.5, 0.6) is 0 Å². The predicted molar refractivity (Wildman–Crippen MR) is 112 cm³/mol. The van der Waals surface area contributed by atoms with Gasteiger partial charge in [-0.3, -0.25) is 14.2 Å².